The van der Waals surface area contributed by atoms with Gasteiger partial charge in [-0.25, -0.2) is 8.42 Å². The average Bonchev–Trinajstić information content (AvgIpc) is 2.43. The molecule has 0 amide bonds. The summed E-state index contributed by atoms with van der Waals surface area (Å²) in [5.41, 5.74) is 1.03. The van der Waals surface area contributed by atoms with Crippen molar-refractivity contribution >= 4 is 15.8 Å². The smallest absolute Gasteiger partial charge is 0.191 e. The molecule has 0 aliphatic rings. The van der Waals surface area contributed by atoms with Crippen molar-refractivity contribution < 1.29 is 8.42 Å². The van der Waals surface area contributed by atoms with Crippen LogP contribution in [-0.2, 0) is 16.3 Å². The zero-order valence-corrected chi connectivity index (χ0v) is 13.5. The minimum atomic E-state index is -2.91. The number of pyridine rings is 1. The number of aromatic nitrogens is 1. The summed E-state index contributed by atoms with van der Waals surface area (Å²) in [4.78, 5) is 8.61. The van der Waals surface area contributed by atoms with Crippen LogP contribution in [0.5, 0.6) is 0 Å². The minimum absolute atomic E-state index is 0.170. The molecule has 7 heteroatoms. The maximum absolute atomic E-state index is 11.0. The Morgan fingerprint density at radius 3 is 2.76 bits per heavy atom. The topological polar surface area (TPSA) is 83.5 Å². The van der Waals surface area contributed by atoms with Crippen molar-refractivity contribution in [2.75, 3.05) is 31.6 Å². The number of sulfone groups is 1. The van der Waals surface area contributed by atoms with E-state index in [9.17, 15) is 8.42 Å². The molecule has 1 aromatic rings. The molecular formula is C14H24N4O2S. The molecule has 6 nitrogen and oxygen atoms in total. The minimum Gasteiger partial charge on any atom is -0.357 e. The summed E-state index contributed by atoms with van der Waals surface area (Å²) in [6, 6.07) is 5.84. The van der Waals surface area contributed by atoms with Crippen molar-refractivity contribution in [3.05, 3.63) is 30.1 Å². The van der Waals surface area contributed by atoms with E-state index in [1.54, 1.807) is 6.20 Å². The van der Waals surface area contributed by atoms with Gasteiger partial charge >= 0.3 is 0 Å². The van der Waals surface area contributed by atoms with E-state index >= 15 is 0 Å². The van der Waals surface area contributed by atoms with Crippen LogP contribution in [0.1, 0.15) is 19.0 Å². The summed E-state index contributed by atoms with van der Waals surface area (Å²) in [5, 5.41) is 6.35. The van der Waals surface area contributed by atoms with Crippen molar-refractivity contribution in [2.45, 2.75) is 19.8 Å². The third-order valence-electron chi connectivity index (χ3n) is 2.69. The molecule has 1 heterocycles. The molecule has 0 aliphatic heterocycles. The van der Waals surface area contributed by atoms with Crippen LogP contribution < -0.4 is 10.6 Å². The molecule has 1 rings (SSSR count). The molecule has 2 N–H and O–H groups in total. The van der Waals surface area contributed by atoms with Crippen LogP contribution >= 0.6 is 0 Å². The Bertz CT molecular complexity index is 529. The highest BCUT2D eigenvalue weighted by atomic mass is 32.2. The fraction of sp³-hybridized carbons (Fsp3) is 0.571. The van der Waals surface area contributed by atoms with Gasteiger partial charge in [-0.1, -0.05) is 6.07 Å². The summed E-state index contributed by atoms with van der Waals surface area (Å²) in [7, 11) is -2.91. The lowest BCUT2D eigenvalue weighted by molar-refractivity contribution is 0.599. The Balaban J connectivity index is 2.35. The van der Waals surface area contributed by atoms with Crippen LogP contribution in [0.15, 0.2) is 29.4 Å². The second-order valence-electron chi connectivity index (χ2n) is 4.74. The molecule has 0 aliphatic carbocycles. The first-order valence-corrected chi connectivity index (χ1v) is 9.17. The van der Waals surface area contributed by atoms with Gasteiger partial charge in [0, 0.05) is 44.2 Å². The molecule has 0 saturated heterocycles. The standard InChI is InChI=1S/C14H24N4O2S/c1-3-15-14(17-10-6-12-21(2,19)20)18-11-8-13-7-4-5-9-16-13/h4-5,7,9H,3,6,8,10-12H2,1-2H3,(H2,15,17,18). The predicted octanol–water partition coefficient (Wildman–Crippen LogP) is 0.614. The van der Waals surface area contributed by atoms with E-state index in [0.29, 0.717) is 18.9 Å². The van der Waals surface area contributed by atoms with E-state index in [-0.39, 0.29) is 5.75 Å². The zero-order chi connectivity index (χ0) is 15.6. The van der Waals surface area contributed by atoms with E-state index < -0.39 is 9.84 Å². The van der Waals surface area contributed by atoms with Crippen molar-refractivity contribution in [3.63, 3.8) is 0 Å². The Morgan fingerprint density at radius 2 is 2.14 bits per heavy atom. The number of hydrogen-bond donors (Lipinski definition) is 2. The van der Waals surface area contributed by atoms with Gasteiger partial charge in [-0.05, 0) is 25.5 Å². The van der Waals surface area contributed by atoms with Crippen molar-refractivity contribution in [1.29, 1.82) is 0 Å². The molecule has 0 unspecified atom stereocenters. The molecule has 0 radical (unpaired) electrons. The normalized spacial score (nSPS) is 12.2. The molecule has 118 valence electrons. The van der Waals surface area contributed by atoms with Gasteiger partial charge in [0.25, 0.3) is 0 Å². The average molecular weight is 312 g/mol. The molecule has 21 heavy (non-hydrogen) atoms. The quantitative estimate of drug-likeness (QED) is 0.417. The summed E-state index contributed by atoms with van der Waals surface area (Å²) in [6.45, 7) is 3.98. The van der Waals surface area contributed by atoms with Crippen molar-refractivity contribution in [3.8, 4) is 0 Å². The molecule has 0 bridgehead atoms. The fourth-order valence-electron chi connectivity index (χ4n) is 1.71. The van der Waals surface area contributed by atoms with Gasteiger partial charge < -0.3 is 10.6 Å². The Labute approximate surface area is 127 Å². The van der Waals surface area contributed by atoms with E-state index in [0.717, 1.165) is 25.2 Å². The zero-order valence-electron chi connectivity index (χ0n) is 12.7. The Morgan fingerprint density at radius 1 is 1.33 bits per heavy atom. The number of nitrogens with one attached hydrogen (secondary N) is 2. The molecular weight excluding hydrogens is 288 g/mol. The first-order valence-electron chi connectivity index (χ1n) is 7.11. The van der Waals surface area contributed by atoms with Crippen LogP contribution in [0, 0.1) is 0 Å². The van der Waals surface area contributed by atoms with Crippen LogP contribution in [0.25, 0.3) is 0 Å². The van der Waals surface area contributed by atoms with Crippen LogP contribution in [0.2, 0.25) is 0 Å². The highest BCUT2D eigenvalue weighted by Gasteiger charge is 2.02. The summed E-state index contributed by atoms with van der Waals surface area (Å²) < 4.78 is 22.1. The molecule has 0 atom stereocenters. The lowest BCUT2D eigenvalue weighted by Gasteiger charge is -2.11. The van der Waals surface area contributed by atoms with Gasteiger partial charge in [0.05, 0.1) is 5.75 Å². The number of rotatable bonds is 8. The summed E-state index contributed by atoms with van der Waals surface area (Å²) >= 11 is 0. The first kappa shape index (κ1) is 17.4. The highest BCUT2D eigenvalue weighted by Crippen LogP contribution is 1.93. The lowest BCUT2D eigenvalue weighted by atomic mass is 10.3. The Hall–Kier alpha value is -1.63. The van der Waals surface area contributed by atoms with E-state index in [2.05, 4.69) is 20.6 Å². The SMILES string of the molecule is CCNC(=NCCCS(C)(=O)=O)NCCc1ccccn1. The maximum atomic E-state index is 11.0. The van der Waals surface area contributed by atoms with Gasteiger partial charge in [-0.2, -0.15) is 0 Å². The van der Waals surface area contributed by atoms with Gasteiger partial charge in [0.2, 0.25) is 0 Å². The second kappa shape index (κ2) is 9.33. The van der Waals surface area contributed by atoms with Crippen LogP contribution in [0.4, 0.5) is 0 Å². The predicted molar refractivity (Wildman–Crippen MR) is 86.3 cm³/mol. The number of guanidine groups is 1. The molecule has 0 spiro atoms. The number of hydrogen-bond acceptors (Lipinski definition) is 4. The highest BCUT2D eigenvalue weighted by molar-refractivity contribution is 7.90. The second-order valence-corrected chi connectivity index (χ2v) is 7.00. The van der Waals surface area contributed by atoms with E-state index in [1.807, 2.05) is 25.1 Å². The third kappa shape index (κ3) is 9.01. The molecule has 0 saturated carbocycles. The van der Waals surface area contributed by atoms with Gasteiger partial charge in [-0.3, -0.25) is 9.98 Å². The number of aliphatic imine (C=N–C) groups is 1. The third-order valence-corrected chi connectivity index (χ3v) is 3.72. The van der Waals surface area contributed by atoms with E-state index in [4.69, 9.17) is 0 Å². The molecule has 0 aromatic carbocycles. The summed E-state index contributed by atoms with van der Waals surface area (Å²) in [6.07, 6.45) is 4.37. The Kier molecular flexibility index (Phi) is 7.74. The van der Waals surface area contributed by atoms with Gasteiger partial charge in [-0.15, -0.1) is 0 Å². The molecule has 1 aromatic heterocycles. The first-order chi connectivity index (χ1) is 10.0. The maximum Gasteiger partial charge on any atom is 0.191 e. The monoisotopic (exact) mass is 312 g/mol. The fourth-order valence-corrected chi connectivity index (χ4v) is 2.37. The van der Waals surface area contributed by atoms with E-state index in [1.165, 1.54) is 6.26 Å². The van der Waals surface area contributed by atoms with Crippen LogP contribution in [0.3, 0.4) is 0 Å². The lowest BCUT2D eigenvalue weighted by Crippen LogP contribution is -2.38. The number of nitrogens with zero attached hydrogens (tertiary/aromatic N) is 2. The summed E-state index contributed by atoms with van der Waals surface area (Å²) in [5.74, 6) is 0.881. The van der Waals surface area contributed by atoms with Crippen molar-refractivity contribution in [2.24, 2.45) is 4.99 Å². The van der Waals surface area contributed by atoms with Gasteiger partial charge in [0.15, 0.2) is 5.96 Å². The largest absolute Gasteiger partial charge is 0.357 e. The van der Waals surface area contributed by atoms with Crippen molar-refractivity contribution in [1.82, 2.24) is 15.6 Å². The van der Waals surface area contributed by atoms with Gasteiger partial charge in [0.1, 0.15) is 9.84 Å². The molecule has 0 fully saturated rings. The van der Waals surface area contributed by atoms with Crippen LogP contribution in [-0.4, -0.2) is 51.0 Å².